The number of carbonyl (C=O) groups is 1. The van der Waals surface area contributed by atoms with Crippen molar-refractivity contribution >= 4 is 5.91 Å². The van der Waals surface area contributed by atoms with Crippen LogP contribution in [0.25, 0.3) is 0 Å². The maximum atomic E-state index is 11.8. The van der Waals surface area contributed by atoms with Crippen LogP contribution in [0.1, 0.15) is 0 Å². The topological polar surface area (TPSA) is 59.6 Å². The molecule has 2 N–H and O–H groups in total. The molecular formula is C9H15F3N2O3. The van der Waals surface area contributed by atoms with E-state index in [1.165, 1.54) is 0 Å². The summed E-state index contributed by atoms with van der Waals surface area (Å²) < 4.78 is 45.7. The number of ether oxygens (including phenoxy) is 2. The highest BCUT2D eigenvalue weighted by Crippen LogP contribution is 2.11. The molecule has 1 saturated heterocycles. The van der Waals surface area contributed by atoms with Crippen molar-refractivity contribution in [3.8, 4) is 0 Å². The van der Waals surface area contributed by atoms with Gasteiger partial charge < -0.3 is 20.1 Å². The molecule has 0 bridgehead atoms. The molecular weight excluding hydrogens is 241 g/mol. The second kappa shape index (κ2) is 6.77. The SMILES string of the molecule is O=C(CNCC1COCCO1)NCC(F)(F)F. The first-order valence-electron chi connectivity index (χ1n) is 5.21. The number of hydrogen-bond acceptors (Lipinski definition) is 4. The van der Waals surface area contributed by atoms with Gasteiger partial charge in [-0.05, 0) is 0 Å². The number of rotatable bonds is 5. The van der Waals surface area contributed by atoms with Crippen LogP contribution in [0.5, 0.6) is 0 Å². The summed E-state index contributed by atoms with van der Waals surface area (Å²) in [5.74, 6) is -0.695. The zero-order chi connectivity index (χ0) is 12.7. The molecule has 1 amide bonds. The molecule has 0 radical (unpaired) electrons. The van der Waals surface area contributed by atoms with Crippen molar-refractivity contribution in [3.05, 3.63) is 0 Å². The zero-order valence-corrected chi connectivity index (χ0v) is 9.18. The molecule has 1 fully saturated rings. The van der Waals surface area contributed by atoms with Crippen LogP contribution in [-0.4, -0.2) is 57.6 Å². The molecule has 0 aromatic rings. The second-order valence-electron chi connectivity index (χ2n) is 3.59. The minimum absolute atomic E-state index is 0.154. The van der Waals surface area contributed by atoms with E-state index >= 15 is 0 Å². The van der Waals surface area contributed by atoms with E-state index in [0.29, 0.717) is 26.4 Å². The number of carbonyl (C=O) groups excluding carboxylic acids is 1. The maximum absolute atomic E-state index is 11.8. The third kappa shape index (κ3) is 7.14. The zero-order valence-electron chi connectivity index (χ0n) is 9.18. The normalized spacial score (nSPS) is 21.2. The van der Waals surface area contributed by atoms with Crippen LogP contribution >= 0.6 is 0 Å². The lowest BCUT2D eigenvalue weighted by atomic mass is 10.3. The van der Waals surface area contributed by atoms with Gasteiger partial charge in [-0.1, -0.05) is 0 Å². The average molecular weight is 256 g/mol. The van der Waals surface area contributed by atoms with Crippen molar-refractivity contribution in [1.82, 2.24) is 10.6 Å². The summed E-state index contributed by atoms with van der Waals surface area (Å²) in [4.78, 5) is 11.0. The minimum Gasteiger partial charge on any atom is -0.376 e. The summed E-state index contributed by atoms with van der Waals surface area (Å²) in [6, 6.07) is 0. The van der Waals surface area contributed by atoms with E-state index in [4.69, 9.17) is 9.47 Å². The van der Waals surface area contributed by atoms with E-state index in [9.17, 15) is 18.0 Å². The van der Waals surface area contributed by atoms with Gasteiger partial charge in [-0.3, -0.25) is 4.79 Å². The molecule has 0 spiro atoms. The highest BCUT2D eigenvalue weighted by Gasteiger charge is 2.27. The molecule has 1 atom stereocenters. The van der Waals surface area contributed by atoms with Gasteiger partial charge in [0.25, 0.3) is 0 Å². The summed E-state index contributed by atoms with van der Waals surface area (Å²) in [6.07, 6.45) is -4.53. The van der Waals surface area contributed by atoms with E-state index in [-0.39, 0.29) is 12.6 Å². The molecule has 0 aromatic heterocycles. The van der Waals surface area contributed by atoms with E-state index in [2.05, 4.69) is 5.32 Å². The lowest BCUT2D eigenvalue weighted by Crippen LogP contribution is -2.43. The Hall–Kier alpha value is -0.860. The Morgan fingerprint density at radius 3 is 2.71 bits per heavy atom. The molecule has 100 valence electrons. The number of amides is 1. The highest BCUT2D eigenvalue weighted by atomic mass is 19.4. The Morgan fingerprint density at radius 2 is 2.12 bits per heavy atom. The van der Waals surface area contributed by atoms with Crippen LogP contribution in [-0.2, 0) is 14.3 Å². The standard InChI is InChI=1S/C9H15F3N2O3/c10-9(11,12)6-14-8(15)4-13-3-7-5-16-1-2-17-7/h7,13H,1-6H2,(H,14,15). The summed E-state index contributed by atoms with van der Waals surface area (Å²) in [7, 11) is 0. The lowest BCUT2D eigenvalue weighted by molar-refractivity contribution is -0.138. The van der Waals surface area contributed by atoms with Crippen LogP contribution in [0.2, 0.25) is 0 Å². The van der Waals surface area contributed by atoms with Gasteiger partial charge in [0.2, 0.25) is 5.91 Å². The molecule has 1 unspecified atom stereocenters. The van der Waals surface area contributed by atoms with Crippen molar-refractivity contribution in [3.63, 3.8) is 0 Å². The molecule has 0 saturated carbocycles. The Morgan fingerprint density at radius 1 is 1.35 bits per heavy atom. The maximum Gasteiger partial charge on any atom is 0.405 e. The van der Waals surface area contributed by atoms with E-state index in [1.54, 1.807) is 5.32 Å². The summed E-state index contributed by atoms with van der Waals surface area (Å²) >= 11 is 0. The predicted molar refractivity (Wildman–Crippen MR) is 52.5 cm³/mol. The first-order chi connectivity index (χ1) is 7.97. The number of halogens is 3. The average Bonchev–Trinajstić information content (AvgIpc) is 2.27. The van der Waals surface area contributed by atoms with Gasteiger partial charge in [-0.15, -0.1) is 0 Å². The Balaban J connectivity index is 2.03. The van der Waals surface area contributed by atoms with Crippen molar-refractivity contribution in [1.29, 1.82) is 0 Å². The summed E-state index contributed by atoms with van der Waals surface area (Å²) in [6.45, 7) is 0.359. The van der Waals surface area contributed by atoms with Gasteiger partial charge in [0, 0.05) is 6.54 Å². The van der Waals surface area contributed by atoms with Gasteiger partial charge in [0.05, 0.1) is 32.5 Å². The van der Waals surface area contributed by atoms with Crippen LogP contribution in [0, 0.1) is 0 Å². The van der Waals surface area contributed by atoms with Gasteiger partial charge in [0.15, 0.2) is 0 Å². The van der Waals surface area contributed by atoms with Crippen molar-refractivity contribution in [2.45, 2.75) is 12.3 Å². The smallest absolute Gasteiger partial charge is 0.376 e. The number of nitrogens with one attached hydrogen (secondary N) is 2. The minimum atomic E-state index is -4.38. The van der Waals surface area contributed by atoms with Crippen LogP contribution in [0.4, 0.5) is 13.2 Å². The number of alkyl halides is 3. The summed E-state index contributed by atoms with van der Waals surface area (Å²) in [5.41, 5.74) is 0. The van der Waals surface area contributed by atoms with E-state index < -0.39 is 18.6 Å². The molecule has 1 aliphatic rings. The Labute approximate surface area is 96.6 Å². The van der Waals surface area contributed by atoms with Gasteiger partial charge in [0.1, 0.15) is 6.54 Å². The molecule has 0 aliphatic carbocycles. The highest BCUT2D eigenvalue weighted by molar-refractivity contribution is 5.77. The first-order valence-corrected chi connectivity index (χ1v) is 5.21. The van der Waals surface area contributed by atoms with Crippen molar-refractivity contribution in [2.24, 2.45) is 0 Å². The lowest BCUT2D eigenvalue weighted by Gasteiger charge is -2.23. The van der Waals surface area contributed by atoms with Gasteiger partial charge in [-0.2, -0.15) is 13.2 Å². The largest absolute Gasteiger partial charge is 0.405 e. The van der Waals surface area contributed by atoms with Crippen LogP contribution in [0.3, 0.4) is 0 Å². The van der Waals surface area contributed by atoms with Gasteiger partial charge in [-0.25, -0.2) is 0 Å². The fourth-order valence-corrected chi connectivity index (χ4v) is 1.26. The number of hydrogen-bond donors (Lipinski definition) is 2. The van der Waals surface area contributed by atoms with Gasteiger partial charge >= 0.3 is 6.18 Å². The predicted octanol–water partition coefficient (Wildman–Crippen LogP) is -0.330. The molecule has 8 heteroatoms. The molecule has 1 rings (SSSR count). The molecule has 1 aliphatic heterocycles. The fourth-order valence-electron chi connectivity index (χ4n) is 1.26. The van der Waals surface area contributed by atoms with Crippen LogP contribution in [0.15, 0.2) is 0 Å². The van der Waals surface area contributed by atoms with Crippen molar-refractivity contribution in [2.75, 3.05) is 39.5 Å². The Bertz CT molecular complexity index is 242. The Kier molecular flexibility index (Phi) is 5.66. The second-order valence-corrected chi connectivity index (χ2v) is 3.59. The monoisotopic (exact) mass is 256 g/mol. The third-order valence-electron chi connectivity index (χ3n) is 2.03. The van der Waals surface area contributed by atoms with Crippen molar-refractivity contribution < 1.29 is 27.4 Å². The third-order valence-corrected chi connectivity index (χ3v) is 2.03. The van der Waals surface area contributed by atoms with E-state index in [0.717, 1.165) is 0 Å². The molecule has 17 heavy (non-hydrogen) atoms. The molecule has 1 heterocycles. The first kappa shape index (κ1) is 14.2. The van der Waals surface area contributed by atoms with Crippen LogP contribution < -0.4 is 10.6 Å². The molecule has 5 nitrogen and oxygen atoms in total. The molecule has 0 aromatic carbocycles. The quantitative estimate of drug-likeness (QED) is 0.707. The summed E-state index contributed by atoms with van der Waals surface area (Å²) in [5, 5.41) is 4.47. The van der Waals surface area contributed by atoms with E-state index in [1.807, 2.05) is 0 Å². The fraction of sp³-hybridized carbons (Fsp3) is 0.889.